The zero-order valence-corrected chi connectivity index (χ0v) is 13.4. The summed E-state index contributed by atoms with van der Waals surface area (Å²) < 4.78 is 2.14. The predicted octanol–water partition coefficient (Wildman–Crippen LogP) is 4.40. The van der Waals surface area contributed by atoms with Gasteiger partial charge in [-0.15, -0.1) is 0 Å². The summed E-state index contributed by atoms with van der Waals surface area (Å²) in [7, 11) is 0. The molecule has 0 aliphatic rings. The third-order valence-corrected chi connectivity index (χ3v) is 3.76. The molecule has 0 bridgehead atoms. The van der Waals surface area contributed by atoms with Crippen molar-refractivity contribution in [2.24, 2.45) is 0 Å². The highest BCUT2D eigenvalue weighted by atomic mass is 16.4. The largest absolute Gasteiger partial charge is 0.478 e. The normalized spacial score (nSPS) is 10.5. The molecule has 2 N–H and O–H groups in total. The molecule has 3 aromatic rings. The van der Waals surface area contributed by atoms with Gasteiger partial charge in [0.05, 0.1) is 17.5 Å². The van der Waals surface area contributed by atoms with Crippen molar-refractivity contribution in [3.05, 3.63) is 66.4 Å². The fraction of sp³-hybridized carbons (Fsp3) is 0.158. The molecule has 5 heteroatoms. The summed E-state index contributed by atoms with van der Waals surface area (Å²) in [6, 6.07) is 16.8. The number of carbonyl (C=O) groups is 1. The highest BCUT2D eigenvalue weighted by Crippen LogP contribution is 2.25. The average molecular weight is 321 g/mol. The van der Waals surface area contributed by atoms with E-state index in [0.717, 1.165) is 35.9 Å². The molecular weight excluding hydrogens is 302 g/mol. The van der Waals surface area contributed by atoms with Crippen LogP contribution in [-0.2, 0) is 6.54 Å². The van der Waals surface area contributed by atoms with Crippen LogP contribution in [-0.4, -0.2) is 20.6 Å². The van der Waals surface area contributed by atoms with Gasteiger partial charge in [-0.25, -0.2) is 9.78 Å². The molecule has 0 radical (unpaired) electrons. The minimum atomic E-state index is -0.930. The van der Waals surface area contributed by atoms with Crippen LogP contribution >= 0.6 is 0 Å². The maximum Gasteiger partial charge on any atom is 0.335 e. The van der Waals surface area contributed by atoms with E-state index in [1.54, 1.807) is 24.3 Å². The van der Waals surface area contributed by atoms with Crippen LogP contribution in [0.25, 0.3) is 11.3 Å². The van der Waals surface area contributed by atoms with Crippen molar-refractivity contribution >= 4 is 17.6 Å². The van der Waals surface area contributed by atoms with Gasteiger partial charge in [-0.1, -0.05) is 37.3 Å². The molecule has 0 amide bonds. The lowest BCUT2D eigenvalue weighted by atomic mass is 10.2. The number of rotatable bonds is 6. The van der Waals surface area contributed by atoms with Crippen LogP contribution in [0.3, 0.4) is 0 Å². The molecule has 122 valence electrons. The molecule has 0 aliphatic carbocycles. The summed E-state index contributed by atoms with van der Waals surface area (Å²) in [5.41, 5.74) is 3.25. The lowest BCUT2D eigenvalue weighted by molar-refractivity contribution is 0.0697. The van der Waals surface area contributed by atoms with Crippen LogP contribution in [0.1, 0.15) is 23.7 Å². The Kier molecular flexibility index (Phi) is 4.61. The zero-order valence-electron chi connectivity index (χ0n) is 13.4. The molecule has 0 unspecified atom stereocenters. The Morgan fingerprint density at radius 2 is 1.83 bits per heavy atom. The average Bonchev–Trinajstić information content (AvgIpc) is 2.99. The fourth-order valence-electron chi connectivity index (χ4n) is 2.59. The van der Waals surface area contributed by atoms with E-state index in [0.29, 0.717) is 0 Å². The van der Waals surface area contributed by atoms with Gasteiger partial charge in [-0.2, -0.15) is 0 Å². The number of aromatic nitrogens is 2. The number of nitrogens with one attached hydrogen (secondary N) is 1. The van der Waals surface area contributed by atoms with Gasteiger partial charge in [0.25, 0.3) is 0 Å². The Hall–Kier alpha value is -3.08. The first-order valence-electron chi connectivity index (χ1n) is 7.90. The second-order valence-electron chi connectivity index (χ2n) is 5.49. The monoisotopic (exact) mass is 321 g/mol. The van der Waals surface area contributed by atoms with Crippen LogP contribution in [0.4, 0.5) is 11.6 Å². The van der Waals surface area contributed by atoms with Gasteiger partial charge in [-0.3, -0.25) is 0 Å². The maximum absolute atomic E-state index is 10.9. The van der Waals surface area contributed by atoms with Crippen molar-refractivity contribution in [1.82, 2.24) is 9.55 Å². The Bertz CT molecular complexity index is 824. The van der Waals surface area contributed by atoms with Crippen molar-refractivity contribution in [3.63, 3.8) is 0 Å². The topological polar surface area (TPSA) is 67.2 Å². The van der Waals surface area contributed by atoms with E-state index in [9.17, 15) is 4.79 Å². The molecule has 2 aromatic carbocycles. The Balaban J connectivity index is 1.90. The van der Waals surface area contributed by atoms with Gasteiger partial charge in [0, 0.05) is 12.2 Å². The van der Waals surface area contributed by atoms with Crippen LogP contribution in [0.15, 0.2) is 60.8 Å². The third-order valence-electron chi connectivity index (χ3n) is 3.76. The summed E-state index contributed by atoms with van der Waals surface area (Å²) in [5.74, 6) is -0.181. The highest BCUT2D eigenvalue weighted by Gasteiger charge is 2.11. The molecule has 1 aromatic heterocycles. The minimum absolute atomic E-state index is 0.266. The van der Waals surface area contributed by atoms with E-state index in [2.05, 4.69) is 33.9 Å². The number of hydrogen-bond donors (Lipinski definition) is 2. The Labute approximate surface area is 140 Å². The zero-order chi connectivity index (χ0) is 16.9. The number of anilines is 2. The number of hydrogen-bond acceptors (Lipinski definition) is 3. The summed E-state index contributed by atoms with van der Waals surface area (Å²) in [4.78, 5) is 15.4. The molecule has 0 atom stereocenters. The van der Waals surface area contributed by atoms with Gasteiger partial charge in [0.1, 0.15) is 0 Å². The minimum Gasteiger partial charge on any atom is -0.478 e. The summed E-state index contributed by atoms with van der Waals surface area (Å²) in [6.45, 7) is 2.97. The second-order valence-corrected chi connectivity index (χ2v) is 5.49. The molecule has 0 saturated carbocycles. The molecule has 0 saturated heterocycles. The number of carboxylic acid groups (broad SMARTS) is 1. The summed E-state index contributed by atoms with van der Waals surface area (Å²) in [5, 5.41) is 12.2. The third kappa shape index (κ3) is 3.30. The van der Waals surface area contributed by atoms with E-state index < -0.39 is 5.97 Å². The van der Waals surface area contributed by atoms with Crippen molar-refractivity contribution in [3.8, 4) is 11.3 Å². The van der Waals surface area contributed by atoms with Crippen molar-refractivity contribution < 1.29 is 9.90 Å². The first-order valence-corrected chi connectivity index (χ1v) is 7.90. The highest BCUT2D eigenvalue weighted by molar-refractivity contribution is 5.88. The smallest absolute Gasteiger partial charge is 0.335 e. The van der Waals surface area contributed by atoms with E-state index in [1.165, 1.54) is 0 Å². The SMILES string of the molecule is CCCn1c(-c2ccccc2)cnc1Nc1ccc(C(=O)O)cc1. The molecule has 5 nitrogen and oxygen atoms in total. The first kappa shape index (κ1) is 15.8. The summed E-state index contributed by atoms with van der Waals surface area (Å²) in [6.07, 6.45) is 2.85. The van der Waals surface area contributed by atoms with Crippen LogP contribution in [0, 0.1) is 0 Å². The number of aromatic carboxylic acids is 1. The molecule has 1 heterocycles. The number of benzene rings is 2. The van der Waals surface area contributed by atoms with Crippen molar-refractivity contribution in [2.45, 2.75) is 19.9 Å². The van der Waals surface area contributed by atoms with Gasteiger partial charge in [0.2, 0.25) is 5.95 Å². The molecule has 0 fully saturated rings. The van der Waals surface area contributed by atoms with E-state index in [1.807, 2.05) is 24.4 Å². The number of imidazole rings is 1. The quantitative estimate of drug-likeness (QED) is 0.706. The van der Waals surface area contributed by atoms with Gasteiger partial charge < -0.3 is 15.0 Å². The van der Waals surface area contributed by atoms with E-state index in [-0.39, 0.29) is 5.56 Å². The van der Waals surface area contributed by atoms with Gasteiger partial charge in [0.15, 0.2) is 0 Å². The first-order chi connectivity index (χ1) is 11.7. The number of carboxylic acids is 1. The number of nitrogens with zero attached hydrogens (tertiary/aromatic N) is 2. The van der Waals surface area contributed by atoms with Crippen molar-refractivity contribution in [1.29, 1.82) is 0 Å². The predicted molar refractivity (Wildman–Crippen MR) is 94.6 cm³/mol. The van der Waals surface area contributed by atoms with E-state index >= 15 is 0 Å². The van der Waals surface area contributed by atoms with Crippen molar-refractivity contribution in [2.75, 3.05) is 5.32 Å². The standard InChI is InChI=1S/C19H19N3O2/c1-2-12-22-17(14-6-4-3-5-7-14)13-20-19(22)21-16-10-8-15(9-11-16)18(23)24/h3-11,13H,2,12H2,1H3,(H,20,21)(H,23,24). The Morgan fingerprint density at radius 3 is 2.46 bits per heavy atom. The van der Waals surface area contributed by atoms with Gasteiger partial charge >= 0.3 is 5.97 Å². The van der Waals surface area contributed by atoms with Crippen LogP contribution in [0.5, 0.6) is 0 Å². The Morgan fingerprint density at radius 1 is 1.12 bits per heavy atom. The molecule has 0 spiro atoms. The summed E-state index contributed by atoms with van der Waals surface area (Å²) >= 11 is 0. The fourth-order valence-corrected chi connectivity index (χ4v) is 2.59. The van der Waals surface area contributed by atoms with Gasteiger partial charge in [-0.05, 0) is 36.2 Å². The van der Waals surface area contributed by atoms with Crippen LogP contribution < -0.4 is 5.32 Å². The lowest BCUT2D eigenvalue weighted by Crippen LogP contribution is -2.05. The maximum atomic E-state index is 10.9. The molecule has 0 aliphatic heterocycles. The van der Waals surface area contributed by atoms with E-state index in [4.69, 9.17) is 5.11 Å². The van der Waals surface area contributed by atoms with Crippen LogP contribution in [0.2, 0.25) is 0 Å². The molecule has 3 rings (SSSR count). The molecule has 24 heavy (non-hydrogen) atoms. The molecular formula is C19H19N3O2. The lowest BCUT2D eigenvalue weighted by Gasteiger charge is -2.12. The second kappa shape index (κ2) is 7.00.